The molecule has 1 aromatic rings. The van der Waals surface area contributed by atoms with Crippen LogP contribution in [0.15, 0.2) is 36.8 Å². The van der Waals surface area contributed by atoms with Gasteiger partial charge in [-0.15, -0.1) is 0 Å². The topological polar surface area (TPSA) is 29.5 Å². The van der Waals surface area contributed by atoms with Crippen LogP contribution >= 0.6 is 0 Å². The maximum absolute atomic E-state index is 8.50. The molecule has 0 saturated carbocycles. The van der Waals surface area contributed by atoms with Crippen molar-refractivity contribution in [2.75, 3.05) is 0 Å². The summed E-state index contributed by atoms with van der Waals surface area (Å²) in [7, 11) is 0. The molecule has 0 aromatic heterocycles. The van der Waals surface area contributed by atoms with Gasteiger partial charge in [0.15, 0.2) is 0 Å². The van der Waals surface area contributed by atoms with Gasteiger partial charge in [-0.2, -0.15) is 0 Å². The summed E-state index contributed by atoms with van der Waals surface area (Å²) < 4.78 is 5.16. The third kappa shape index (κ3) is 7.55. The summed E-state index contributed by atoms with van der Waals surface area (Å²) in [6.45, 7) is 2.25. The SMILES string of the molecule is CCCCCCCCCc1ccc(OC=CO)cc1. The molecular weight excluding hydrogens is 236 g/mol. The highest BCUT2D eigenvalue weighted by atomic mass is 16.5. The van der Waals surface area contributed by atoms with E-state index in [1.807, 2.05) is 12.1 Å². The summed E-state index contributed by atoms with van der Waals surface area (Å²) in [5, 5.41) is 8.50. The zero-order valence-corrected chi connectivity index (χ0v) is 12.0. The number of hydrogen-bond acceptors (Lipinski definition) is 2. The molecule has 2 heteroatoms. The molecule has 0 heterocycles. The van der Waals surface area contributed by atoms with Crippen LogP contribution < -0.4 is 4.74 Å². The fourth-order valence-electron chi connectivity index (χ4n) is 2.13. The van der Waals surface area contributed by atoms with Crippen molar-refractivity contribution in [3.8, 4) is 5.75 Å². The standard InChI is InChI=1S/C17H26O2/c1-2-3-4-5-6-7-8-9-16-10-12-17(13-11-16)19-15-14-18/h10-15,18H,2-9H2,1H3. The average molecular weight is 262 g/mol. The highest BCUT2D eigenvalue weighted by molar-refractivity contribution is 5.27. The number of hydrogen-bond donors (Lipinski definition) is 1. The van der Waals surface area contributed by atoms with Gasteiger partial charge in [0, 0.05) is 0 Å². The van der Waals surface area contributed by atoms with Gasteiger partial charge in [0.2, 0.25) is 0 Å². The normalized spacial score (nSPS) is 11.0. The lowest BCUT2D eigenvalue weighted by Crippen LogP contribution is -1.87. The Hall–Kier alpha value is -1.44. The minimum Gasteiger partial charge on any atom is -0.512 e. The summed E-state index contributed by atoms with van der Waals surface area (Å²) in [6.07, 6.45) is 12.7. The van der Waals surface area contributed by atoms with E-state index >= 15 is 0 Å². The Morgan fingerprint density at radius 2 is 1.58 bits per heavy atom. The van der Waals surface area contributed by atoms with Crippen LogP contribution in [0.1, 0.15) is 57.4 Å². The lowest BCUT2D eigenvalue weighted by molar-refractivity contribution is 0.414. The quantitative estimate of drug-likeness (QED) is 0.452. The summed E-state index contributed by atoms with van der Waals surface area (Å²) in [6, 6.07) is 8.07. The predicted molar refractivity (Wildman–Crippen MR) is 80.5 cm³/mol. The van der Waals surface area contributed by atoms with Crippen LogP contribution in [-0.4, -0.2) is 5.11 Å². The van der Waals surface area contributed by atoms with Crippen LogP contribution in [0.25, 0.3) is 0 Å². The number of aliphatic hydroxyl groups excluding tert-OH is 1. The highest BCUT2D eigenvalue weighted by Crippen LogP contribution is 2.15. The lowest BCUT2D eigenvalue weighted by Gasteiger charge is -2.04. The second-order valence-corrected chi connectivity index (χ2v) is 4.92. The van der Waals surface area contributed by atoms with E-state index in [4.69, 9.17) is 9.84 Å². The molecule has 0 unspecified atom stereocenters. The van der Waals surface area contributed by atoms with Crippen LogP contribution in [0.3, 0.4) is 0 Å². The number of aliphatic hydroxyl groups is 1. The fourth-order valence-corrected chi connectivity index (χ4v) is 2.13. The minimum atomic E-state index is 0.758. The van der Waals surface area contributed by atoms with Crippen molar-refractivity contribution in [3.05, 3.63) is 42.4 Å². The second kappa shape index (κ2) is 10.5. The molecule has 0 saturated heterocycles. The van der Waals surface area contributed by atoms with Gasteiger partial charge in [0.1, 0.15) is 18.3 Å². The third-order valence-corrected chi connectivity index (χ3v) is 3.26. The van der Waals surface area contributed by atoms with Crippen LogP contribution in [0.5, 0.6) is 5.75 Å². The molecule has 0 bridgehead atoms. The van der Waals surface area contributed by atoms with Gasteiger partial charge < -0.3 is 9.84 Å². The van der Waals surface area contributed by atoms with Gasteiger partial charge >= 0.3 is 0 Å². The minimum absolute atomic E-state index is 0.758. The van der Waals surface area contributed by atoms with Gasteiger partial charge in [-0.05, 0) is 30.5 Å². The highest BCUT2D eigenvalue weighted by Gasteiger charge is 1.96. The lowest BCUT2D eigenvalue weighted by atomic mass is 10.0. The Labute approximate surface area is 117 Å². The molecule has 1 N–H and O–H groups in total. The van der Waals surface area contributed by atoms with Crippen molar-refractivity contribution in [1.29, 1.82) is 0 Å². The first-order chi connectivity index (χ1) is 9.36. The molecule has 1 rings (SSSR count). The third-order valence-electron chi connectivity index (χ3n) is 3.26. The van der Waals surface area contributed by atoms with Gasteiger partial charge in [0.05, 0.1) is 0 Å². The summed E-state index contributed by atoms with van der Waals surface area (Å²) in [5.41, 5.74) is 1.36. The Bertz CT molecular complexity index is 341. The largest absolute Gasteiger partial charge is 0.512 e. The predicted octanol–water partition coefficient (Wildman–Crippen LogP) is 5.39. The molecule has 1 aromatic carbocycles. The number of rotatable bonds is 10. The molecule has 2 nitrogen and oxygen atoms in total. The van der Waals surface area contributed by atoms with E-state index in [1.54, 1.807) is 0 Å². The maximum atomic E-state index is 8.50. The molecule has 19 heavy (non-hydrogen) atoms. The van der Waals surface area contributed by atoms with Crippen molar-refractivity contribution in [1.82, 2.24) is 0 Å². The number of unbranched alkanes of at least 4 members (excludes halogenated alkanes) is 6. The zero-order chi connectivity index (χ0) is 13.8. The monoisotopic (exact) mass is 262 g/mol. The molecule has 0 aliphatic rings. The molecule has 0 radical (unpaired) electrons. The summed E-state index contributed by atoms with van der Waals surface area (Å²) >= 11 is 0. The number of ether oxygens (including phenoxy) is 1. The van der Waals surface area contributed by atoms with Crippen LogP contribution in [0, 0.1) is 0 Å². The first kappa shape index (κ1) is 15.6. The fraction of sp³-hybridized carbons (Fsp3) is 0.529. The molecule has 0 spiro atoms. The van der Waals surface area contributed by atoms with Crippen LogP contribution in [-0.2, 0) is 6.42 Å². The Balaban J connectivity index is 2.12. The van der Waals surface area contributed by atoms with Crippen LogP contribution in [0.4, 0.5) is 0 Å². The van der Waals surface area contributed by atoms with Crippen molar-refractivity contribution in [2.45, 2.75) is 58.3 Å². The van der Waals surface area contributed by atoms with E-state index in [1.165, 1.54) is 56.8 Å². The van der Waals surface area contributed by atoms with E-state index in [-0.39, 0.29) is 0 Å². The first-order valence-corrected chi connectivity index (χ1v) is 7.41. The first-order valence-electron chi connectivity index (χ1n) is 7.41. The summed E-state index contributed by atoms with van der Waals surface area (Å²) in [5.74, 6) is 0.758. The Morgan fingerprint density at radius 1 is 0.947 bits per heavy atom. The second-order valence-electron chi connectivity index (χ2n) is 4.92. The molecule has 0 fully saturated rings. The smallest absolute Gasteiger partial charge is 0.126 e. The molecule has 106 valence electrons. The molecule has 0 amide bonds. The summed E-state index contributed by atoms with van der Waals surface area (Å²) in [4.78, 5) is 0. The molecule has 0 atom stereocenters. The van der Waals surface area contributed by atoms with E-state index < -0.39 is 0 Å². The van der Waals surface area contributed by atoms with Gasteiger partial charge in [-0.1, -0.05) is 57.6 Å². The van der Waals surface area contributed by atoms with Crippen LogP contribution in [0.2, 0.25) is 0 Å². The van der Waals surface area contributed by atoms with E-state index in [9.17, 15) is 0 Å². The Kier molecular flexibility index (Phi) is 8.61. The van der Waals surface area contributed by atoms with Gasteiger partial charge in [-0.25, -0.2) is 0 Å². The van der Waals surface area contributed by atoms with E-state index in [0.717, 1.165) is 18.4 Å². The number of aryl methyl sites for hydroxylation is 1. The van der Waals surface area contributed by atoms with Gasteiger partial charge in [-0.3, -0.25) is 0 Å². The van der Waals surface area contributed by atoms with Gasteiger partial charge in [0.25, 0.3) is 0 Å². The van der Waals surface area contributed by atoms with Crippen molar-refractivity contribution >= 4 is 0 Å². The van der Waals surface area contributed by atoms with Crippen molar-refractivity contribution < 1.29 is 9.84 Å². The molecule has 0 aliphatic carbocycles. The maximum Gasteiger partial charge on any atom is 0.126 e. The molecule has 0 aliphatic heterocycles. The van der Waals surface area contributed by atoms with E-state index in [2.05, 4.69) is 19.1 Å². The average Bonchev–Trinajstić information content (AvgIpc) is 2.45. The van der Waals surface area contributed by atoms with E-state index in [0.29, 0.717) is 0 Å². The number of benzene rings is 1. The van der Waals surface area contributed by atoms with Crippen molar-refractivity contribution in [2.24, 2.45) is 0 Å². The Morgan fingerprint density at radius 3 is 2.21 bits per heavy atom. The molecular formula is C17H26O2. The zero-order valence-electron chi connectivity index (χ0n) is 12.0. The van der Waals surface area contributed by atoms with Crippen molar-refractivity contribution in [3.63, 3.8) is 0 Å².